The molecule has 0 spiro atoms. The molecular formula is C9H9KN3O2. The number of hydrogen-bond donors (Lipinski definition) is 1. The molecule has 2 heterocycles. The van der Waals surface area contributed by atoms with Gasteiger partial charge in [-0.3, -0.25) is 0 Å². The Morgan fingerprint density at radius 3 is 2.73 bits per heavy atom. The Morgan fingerprint density at radius 2 is 2.13 bits per heavy atom. The summed E-state index contributed by atoms with van der Waals surface area (Å²) in [4.78, 5) is 18.7. The minimum atomic E-state index is -1.02. The average molecular weight is 230 g/mol. The van der Waals surface area contributed by atoms with Crippen molar-refractivity contribution in [2.24, 2.45) is 7.05 Å². The van der Waals surface area contributed by atoms with Crippen molar-refractivity contribution in [3.05, 3.63) is 23.8 Å². The normalized spacial score (nSPS) is 10.0. The molecule has 0 bridgehead atoms. The van der Waals surface area contributed by atoms with E-state index in [2.05, 4.69) is 9.97 Å². The maximum atomic E-state index is 10.9. The van der Waals surface area contributed by atoms with Gasteiger partial charge >= 0.3 is 5.97 Å². The second-order valence-corrected chi connectivity index (χ2v) is 3.15. The van der Waals surface area contributed by atoms with Crippen LogP contribution in [0, 0.1) is 6.92 Å². The minimum Gasteiger partial charge on any atom is -0.476 e. The van der Waals surface area contributed by atoms with Crippen LogP contribution in [0.4, 0.5) is 0 Å². The SMILES string of the molecule is Cc1cn(C)c2ncnc(C(=O)O)c12.[K]. The number of aromatic carboxylic acids is 1. The minimum absolute atomic E-state index is 0. The van der Waals surface area contributed by atoms with Crippen LogP contribution in [0.2, 0.25) is 0 Å². The van der Waals surface area contributed by atoms with Crippen LogP contribution in [-0.2, 0) is 7.05 Å². The first-order valence-corrected chi connectivity index (χ1v) is 4.11. The van der Waals surface area contributed by atoms with Gasteiger partial charge < -0.3 is 9.67 Å². The molecule has 0 aromatic carbocycles. The zero-order valence-corrected chi connectivity index (χ0v) is 12.0. The van der Waals surface area contributed by atoms with Gasteiger partial charge in [-0.05, 0) is 12.5 Å². The van der Waals surface area contributed by atoms with Gasteiger partial charge in [-0.25, -0.2) is 14.8 Å². The van der Waals surface area contributed by atoms with E-state index in [1.807, 2.05) is 20.2 Å². The third kappa shape index (κ3) is 2.14. The summed E-state index contributed by atoms with van der Waals surface area (Å²) in [5, 5.41) is 9.53. The van der Waals surface area contributed by atoms with Crippen molar-refractivity contribution >= 4 is 68.4 Å². The summed E-state index contributed by atoms with van der Waals surface area (Å²) in [5.74, 6) is -1.02. The Morgan fingerprint density at radius 1 is 1.47 bits per heavy atom. The Kier molecular flexibility index (Phi) is 4.02. The number of aromatic nitrogens is 3. The molecule has 2 aromatic rings. The topological polar surface area (TPSA) is 68.0 Å². The standard InChI is InChI=1S/C9H9N3O2.K/c1-5-3-12(2)8-6(5)7(9(13)14)10-4-11-8;/h3-4H,1-2H3,(H,13,14);. The van der Waals surface area contributed by atoms with E-state index in [0.29, 0.717) is 11.0 Å². The molecule has 0 atom stereocenters. The van der Waals surface area contributed by atoms with Gasteiger partial charge in [0, 0.05) is 64.6 Å². The van der Waals surface area contributed by atoms with Crippen molar-refractivity contribution in [1.82, 2.24) is 14.5 Å². The number of carboxylic acids is 1. The van der Waals surface area contributed by atoms with E-state index in [-0.39, 0.29) is 57.1 Å². The molecule has 15 heavy (non-hydrogen) atoms. The molecule has 2 aromatic heterocycles. The van der Waals surface area contributed by atoms with E-state index in [9.17, 15) is 4.79 Å². The molecule has 0 unspecified atom stereocenters. The zero-order valence-electron chi connectivity index (χ0n) is 8.85. The third-order valence-electron chi connectivity index (χ3n) is 2.15. The van der Waals surface area contributed by atoms with Gasteiger partial charge in [0.15, 0.2) is 5.69 Å². The molecule has 1 N–H and O–H groups in total. The van der Waals surface area contributed by atoms with Gasteiger partial charge in [0.05, 0.1) is 5.39 Å². The fraction of sp³-hybridized carbons (Fsp3) is 0.222. The summed E-state index contributed by atoms with van der Waals surface area (Å²) < 4.78 is 1.79. The van der Waals surface area contributed by atoms with Gasteiger partial charge in [0.2, 0.25) is 0 Å². The molecule has 2 rings (SSSR count). The van der Waals surface area contributed by atoms with Crippen LogP contribution >= 0.6 is 0 Å². The van der Waals surface area contributed by atoms with Crippen molar-refractivity contribution in [1.29, 1.82) is 0 Å². The number of carboxylic acid groups (broad SMARTS) is 1. The molecule has 5 nitrogen and oxygen atoms in total. The van der Waals surface area contributed by atoms with E-state index >= 15 is 0 Å². The third-order valence-corrected chi connectivity index (χ3v) is 2.15. The molecule has 0 saturated heterocycles. The smallest absolute Gasteiger partial charge is 0.355 e. The van der Waals surface area contributed by atoms with Crippen molar-refractivity contribution in [2.75, 3.05) is 0 Å². The fourth-order valence-electron chi connectivity index (χ4n) is 1.59. The van der Waals surface area contributed by atoms with Gasteiger partial charge in [0.25, 0.3) is 0 Å². The number of rotatable bonds is 1. The molecule has 0 amide bonds. The van der Waals surface area contributed by atoms with Crippen LogP contribution in [0.5, 0.6) is 0 Å². The quantitative estimate of drug-likeness (QED) is 0.728. The molecule has 1 radical (unpaired) electrons. The predicted molar refractivity (Wildman–Crippen MR) is 56.0 cm³/mol. The van der Waals surface area contributed by atoms with E-state index in [4.69, 9.17) is 5.11 Å². The number of carbonyl (C=O) groups is 1. The molecule has 0 aliphatic rings. The first-order valence-electron chi connectivity index (χ1n) is 4.11. The molecule has 6 heteroatoms. The second kappa shape index (κ2) is 4.71. The molecule has 0 fully saturated rings. The summed E-state index contributed by atoms with van der Waals surface area (Å²) >= 11 is 0. The fourth-order valence-corrected chi connectivity index (χ4v) is 1.59. The first kappa shape index (κ1) is 12.8. The maximum absolute atomic E-state index is 10.9. The van der Waals surface area contributed by atoms with Gasteiger partial charge in [-0.2, -0.15) is 0 Å². The number of nitrogens with zero attached hydrogens (tertiary/aromatic N) is 3. The monoisotopic (exact) mass is 230 g/mol. The van der Waals surface area contributed by atoms with E-state index in [1.165, 1.54) is 6.33 Å². The Labute approximate surface area is 129 Å². The van der Waals surface area contributed by atoms with Crippen LogP contribution in [0.1, 0.15) is 16.1 Å². The van der Waals surface area contributed by atoms with Crippen molar-refractivity contribution in [3.8, 4) is 0 Å². The van der Waals surface area contributed by atoms with Crippen molar-refractivity contribution in [3.63, 3.8) is 0 Å². The zero-order chi connectivity index (χ0) is 10.3. The molecular weight excluding hydrogens is 221 g/mol. The van der Waals surface area contributed by atoms with Gasteiger partial charge in [0.1, 0.15) is 12.0 Å². The Hall–Kier alpha value is -0.274. The van der Waals surface area contributed by atoms with Crippen molar-refractivity contribution in [2.45, 2.75) is 6.92 Å². The van der Waals surface area contributed by atoms with Gasteiger partial charge in [-0.15, -0.1) is 0 Å². The summed E-state index contributed by atoms with van der Waals surface area (Å²) in [5.41, 5.74) is 1.59. The second-order valence-electron chi connectivity index (χ2n) is 3.15. The molecule has 0 saturated carbocycles. The van der Waals surface area contributed by atoms with Crippen LogP contribution in [0.15, 0.2) is 12.5 Å². The predicted octanol–water partition coefficient (Wildman–Crippen LogP) is 0.594. The summed E-state index contributed by atoms with van der Waals surface area (Å²) in [7, 11) is 1.83. The van der Waals surface area contributed by atoms with Crippen LogP contribution < -0.4 is 0 Å². The first-order chi connectivity index (χ1) is 6.61. The van der Waals surface area contributed by atoms with E-state index in [0.717, 1.165) is 5.56 Å². The Balaban J connectivity index is 0.00000112. The van der Waals surface area contributed by atoms with E-state index in [1.54, 1.807) is 4.57 Å². The van der Waals surface area contributed by atoms with Crippen LogP contribution in [0.3, 0.4) is 0 Å². The van der Waals surface area contributed by atoms with Gasteiger partial charge in [-0.1, -0.05) is 0 Å². The van der Waals surface area contributed by atoms with Crippen LogP contribution in [-0.4, -0.2) is 77.0 Å². The van der Waals surface area contributed by atoms with Crippen molar-refractivity contribution < 1.29 is 9.90 Å². The van der Waals surface area contributed by atoms with E-state index < -0.39 is 5.97 Å². The number of fused-ring (bicyclic) bond motifs is 1. The Bertz CT molecular complexity index is 521. The molecule has 73 valence electrons. The molecule has 0 aliphatic carbocycles. The summed E-state index contributed by atoms with van der Waals surface area (Å²) in [6.45, 7) is 1.85. The maximum Gasteiger partial charge on any atom is 0.355 e. The average Bonchev–Trinajstić information content (AvgIpc) is 2.43. The summed E-state index contributed by atoms with van der Waals surface area (Å²) in [6, 6.07) is 0. The number of aryl methyl sites for hydroxylation is 2. The van der Waals surface area contributed by atoms with Crippen LogP contribution in [0.25, 0.3) is 11.0 Å². The summed E-state index contributed by atoms with van der Waals surface area (Å²) in [6.07, 6.45) is 3.11. The largest absolute Gasteiger partial charge is 0.476 e. The molecule has 0 aliphatic heterocycles. The number of hydrogen-bond acceptors (Lipinski definition) is 3.